The van der Waals surface area contributed by atoms with Gasteiger partial charge in [-0.3, -0.25) is 0 Å². The van der Waals surface area contributed by atoms with Crippen LogP contribution in [0.1, 0.15) is 12.8 Å². The maximum Gasteiger partial charge on any atom is 0.232 e. The smallest absolute Gasteiger partial charge is 0.232 e. The van der Waals surface area contributed by atoms with Crippen molar-refractivity contribution in [3.63, 3.8) is 0 Å². The molecule has 2 fully saturated rings. The fourth-order valence-corrected chi connectivity index (χ4v) is 2.48. The van der Waals surface area contributed by atoms with E-state index in [1.54, 1.807) is 0 Å². The van der Waals surface area contributed by atoms with Crippen molar-refractivity contribution in [2.75, 3.05) is 48.3 Å². The number of nitriles is 1. The van der Waals surface area contributed by atoms with Gasteiger partial charge in [-0.25, -0.2) is 0 Å². The van der Waals surface area contributed by atoms with Crippen molar-refractivity contribution in [3.05, 3.63) is 0 Å². The molecule has 0 spiro atoms. The van der Waals surface area contributed by atoms with Gasteiger partial charge < -0.3 is 20.3 Å². The molecule has 3 rings (SSSR count). The molecule has 2 saturated heterocycles. The Balaban J connectivity index is 1.83. The Morgan fingerprint density at radius 1 is 1.10 bits per heavy atom. The van der Waals surface area contributed by atoms with Crippen LogP contribution in [0.3, 0.4) is 0 Å². The first-order valence-electron chi connectivity index (χ1n) is 6.79. The van der Waals surface area contributed by atoms with Crippen molar-refractivity contribution < 1.29 is 4.74 Å². The molecule has 2 aliphatic heterocycles. The highest BCUT2D eigenvalue weighted by Crippen LogP contribution is 2.20. The highest BCUT2D eigenvalue weighted by molar-refractivity contribution is 5.44. The zero-order chi connectivity index (χ0) is 13.9. The molecule has 106 valence electrons. The number of nitrogens with two attached hydrogens (primary N) is 1. The first kappa shape index (κ1) is 12.9. The van der Waals surface area contributed by atoms with Gasteiger partial charge in [0, 0.05) is 19.6 Å². The van der Waals surface area contributed by atoms with Crippen molar-refractivity contribution >= 4 is 17.8 Å². The molecule has 0 amide bonds. The summed E-state index contributed by atoms with van der Waals surface area (Å²) in [6.07, 6.45) is 1.85. The molecule has 3 heterocycles. The Morgan fingerprint density at radius 3 is 2.50 bits per heavy atom. The molecule has 1 atom stereocenters. The van der Waals surface area contributed by atoms with Gasteiger partial charge in [0.2, 0.25) is 17.8 Å². The normalized spacial score (nSPS) is 22.9. The first-order chi connectivity index (χ1) is 9.76. The van der Waals surface area contributed by atoms with Gasteiger partial charge >= 0.3 is 0 Å². The highest BCUT2D eigenvalue weighted by Gasteiger charge is 2.24. The van der Waals surface area contributed by atoms with Crippen molar-refractivity contribution in [2.24, 2.45) is 0 Å². The van der Waals surface area contributed by atoms with Crippen molar-refractivity contribution in [2.45, 2.75) is 18.9 Å². The third kappa shape index (κ3) is 2.58. The van der Waals surface area contributed by atoms with E-state index in [-0.39, 0.29) is 5.95 Å². The van der Waals surface area contributed by atoms with E-state index in [4.69, 9.17) is 15.7 Å². The standard InChI is InChI=1S/C12H17N7O/c13-7-9-8-19(5-6-20-9)12-16-10(14)15-11(17-12)18-3-1-2-4-18/h9H,1-6,8H2,(H2,14,15,16,17). The Kier molecular flexibility index (Phi) is 3.52. The number of rotatable bonds is 2. The van der Waals surface area contributed by atoms with Crippen molar-refractivity contribution in [3.8, 4) is 6.07 Å². The molecule has 2 N–H and O–H groups in total. The number of nitrogens with zero attached hydrogens (tertiary/aromatic N) is 6. The van der Waals surface area contributed by atoms with Gasteiger partial charge in [-0.05, 0) is 12.8 Å². The molecule has 0 radical (unpaired) electrons. The Labute approximate surface area is 117 Å². The van der Waals surface area contributed by atoms with Crippen molar-refractivity contribution in [1.82, 2.24) is 15.0 Å². The lowest BCUT2D eigenvalue weighted by molar-refractivity contribution is 0.0758. The Morgan fingerprint density at radius 2 is 1.80 bits per heavy atom. The van der Waals surface area contributed by atoms with E-state index >= 15 is 0 Å². The number of anilines is 3. The SMILES string of the molecule is N#CC1CN(c2nc(N)nc(N3CCCC3)n2)CCO1. The number of hydrogen-bond acceptors (Lipinski definition) is 8. The molecule has 0 bridgehead atoms. The van der Waals surface area contributed by atoms with Gasteiger partial charge in [0.1, 0.15) is 0 Å². The summed E-state index contributed by atoms with van der Waals surface area (Å²) in [5.41, 5.74) is 5.79. The lowest BCUT2D eigenvalue weighted by atomic mass is 10.3. The molecule has 8 heteroatoms. The summed E-state index contributed by atoms with van der Waals surface area (Å²) in [6.45, 7) is 3.50. The van der Waals surface area contributed by atoms with Gasteiger partial charge in [0.25, 0.3) is 0 Å². The van der Waals surface area contributed by atoms with E-state index in [9.17, 15) is 0 Å². The van der Waals surface area contributed by atoms with Gasteiger partial charge in [0.15, 0.2) is 6.10 Å². The minimum Gasteiger partial charge on any atom is -0.368 e. The topological polar surface area (TPSA) is 104 Å². The lowest BCUT2D eigenvalue weighted by Gasteiger charge is -2.30. The van der Waals surface area contributed by atoms with E-state index in [2.05, 4.69) is 25.9 Å². The fraction of sp³-hybridized carbons (Fsp3) is 0.667. The van der Waals surface area contributed by atoms with E-state index < -0.39 is 6.10 Å². The molecule has 0 saturated carbocycles. The summed E-state index contributed by atoms with van der Waals surface area (Å²) in [5, 5.41) is 8.95. The van der Waals surface area contributed by atoms with Crippen LogP contribution in [-0.2, 0) is 4.74 Å². The van der Waals surface area contributed by atoms with Crippen LogP contribution >= 0.6 is 0 Å². The molecular formula is C12H17N7O. The zero-order valence-electron chi connectivity index (χ0n) is 11.2. The maximum absolute atomic E-state index is 8.95. The molecule has 0 aliphatic carbocycles. The number of hydrogen-bond donors (Lipinski definition) is 1. The number of nitrogen functional groups attached to an aromatic ring is 1. The van der Waals surface area contributed by atoms with Gasteiger partial charge in [-0.2, -0.15) is 20.2 Å². The Hall–Kier alpha value is -2.14. The third-order valence-electron chi connectivity index (χ3n) is 3.51. The van der Waals surface area contributed by atoms with Crippen molar-refractivity contribution in [1.29, 1.82) is 5.26 Å². The molecule has 0 aromatic carbocycles. The monoisotopic (exact) mass is 275 g/mol. The van der Waals surface area contributed by atoms with Crippen LogP contribution in [0.25, 0.3) is 0 Å². The highest BCUT2D eigenvalue weighted by atomic mass is 16.5. The van der Waals surface area contributed by atoms with Crippen LogP contribution in [-0.4, -0.2) is 53.8 Å². The predicted octanol–water partition coefficient (Wildman–Crippen LogP) is -0.217. The average molecular weight is 275 g/mol. The van der Waals surface area contributed by atoms with Crippen LogP contribution in [0.5, 0.6) is 0 Å². The number of ether oxygens (including phenoxy) is 1. The van der Waals surface area contributed by atoms with Crippen LogP contribution in [0, 0.1) is 11.3 Å². The van der Waals surface area contributed by atoms with Crippen LogP contribution in [0.4, 0.5) is 17.8 Å². The maximum atomic E-state index is 8.95. The largest absolute Gasteiger partial charge is 0.368 e. The molecular weight excluding hydrogens is 258 g/mol. The molecule has 1 aromatic rings. The summed E-state index contributed by atoms with van der Waals surface area (Å²) in [7, 11) is 0. The first-order valence-corrected chi connectivity index (χ1v) is 6.79. The second-order valence-electron chi connectivity index (χ2n) is 4.92. The van der Waals surface area contributed by atoms with E-state index in [1.807, 2.05) is 4.90 Å². The summed E-state index contributed by atoms with van der Waals surface area (Å²) >= 11 is 0. The lowest BCUT2D eigenvalue weighted by Crippen LogP contribution is -2.43. The van der Waals surface area contributed by atoms with Crippen LogP contribution in [0.15, 0.2) is 0 Å². The molecule has 8 nitrogen and oxygen atoms in total. The quantitative estimate of drug-likeness (QED) is 0.790. The molecule has 1 unspecified atom stereocenters. The third-order valence-corrected chi connectivity index (χ3v) is 3.51. The zero-order valence-corrected chi connectivity index (χ0v) is 11.2. The second-order valence-corrected chi connectivity index (χ2v) is 4.92. The summed E-state index contributed by atoms with van der Waals surface area (Å²) in [4.78, 5) is 16.9. The van der Waals surface area contributed by atoms with E-state index in [0.29, 0.717) is 31.6 Å². The summed E-state index contributed by atoms with van der Waals surface area (Å²) in [5.74, 6) is 1.38. The minimum absolute atomic E-state index is 0.219. The van der Waals surface area contributed by atoms with E-state index in [1.165, 1.54) is 0 Å². The summed E-state index contributed by atoms with van der Waals surface area (Å²) < 4.78 is 5.32. The molecule has 1 aromatic heterocycles. The summed E-state index contributed by atoms with van der Waals surface area (Å²) in [6, 6.07) is 2.11. The molecule has 2 aliphatic rings. The number of aromatic nitrogens is 3. The second kappa shape index (κ2) is 5.46. The van der Waals surface area contributed by atoms with Gasteiger partial charge in [-0.15, -0.1) is 0 Å². The predicted molar refractivity (Wildman–Crippen MR) is 73.3 cm³/mol. The number of morpholine rings is 1. The fourth-order valence-electron chi connectivity index (χ4n) is 2.48. The minimum atomic E-state index is -0.447. The van der Waals surface area contributed by atoms with Gasteiger partial charge in [0.05, 0.1) is 19.2 Å². The van der Waals surface area contributed by atoms with E-state index in [0.717, 1.165) is 25.9 Å². The Bertz CT molecular complexity index is 523. The van der Waals surface area contributed by atoms with Crippen LogP contribution in [0.2, 0.25) is 0 Å². The molecule has 20 heavy (non-hydrogen) atoms. The van der Waals surface area contributed by atoms with Gasteiger partial charge in [-0.1, -0.05) is 0 Å². The average Bonchev–Trinajstić information content (AvgIpc) is 3.01. The van der Waals surface area contributed by atoms with Crippen LogP contribution < -0.4 is 15.5 Å².